The van der Waals surface area contributed by atoms with Crippen LogP contribution in [0, 0.1) is 52.3 Å². The van der Waals surface area contributed by atoms with Gasteiger partial charge in [0, 0.05) is 12.3 Å². The van der Waals surface area contributed by atoms with Crippen LogP contribution in [-0.4, -0.2) is 5.78 Å². The highest BCUT2D eigenvalue weighted by molar-refractivity contribution is 5.81. The molecule has 0 amide bonds. The fourth-order valence-electron chi connectivity index (χ4n) is 8.69. The standard InChI is InChI=1S/C28H46O/c1-18(2)20(4)26(29)17-19(3)23-12-13-24-22-11-10-21-9-7-8-15-27(21,5)25(22)14-16-28(23,24)6/h10,18-20,22-25H,7-9,11-17H2,1-6H3/t19-,20-,22+,23-,24+,25+,27+,28-/m1/s1. The number of allylic oxidation sites excluding steroid dienone is 2. The van der Waals surface area contributed by atoms with Gasteiger partial charge in [0.2, 0.25) is 0 Å². The first-order valence-corrected chi connectivity index (χ1v) is 12.9. The van der Waals surface area contributed by atoms with E-state index >= 15 is 0 Å². The van der Waals surface area contributed by atoms with Gasteiger partial charge in [-0.05, 0) is 97.7 Å². The molecule has 0 saturated heterocycles. The Hall–Kier alpha value is -0.590. The Bertz CT molecular complexity index is 659. The molecule has 29 heavy (non-hydrogen) atoms. The second kappa shape index (κ2) is 7.83. The van der Waals surface area contributed by atoms with Crippen LogP contribution in [0.1, 0.15) is 106 Å². The lowest BCUT2D eigenvalue weighted by molar-refractivity contribution is -0.125. The molecule has 4 rings (SSSR count). The molecule has 3 fully saturated rings. The van der Waals surface area contributed by atoms with E-state index in [1.807, 2.05) is 5.57 Å². The minimum Gasteiger partial charge on any atom is -0.299 e. The third kappa shape index (κ3) is 3.47. The molecule has 1 nitrogen and oxygen atoms in total. The van der Waals surface area contributed by atoms with Gasteiger partial charge in [0.15, 0.2) is 0 Å². The summed E-state index contributed by atoms with van der Waals surface area (Å²) in [6.07, 6.45) is 16.1. The van der Waals surface area contributed by atoms with Gasteiger partial charge in [0.1, 0.15) is 5.78 Å². The summed E-state index contributed by atoms with van der Waals surface area (Å²) < 4.78 is 0. The van der Waals surface area contributed by atoms with E-state index in [0.717, 1.165) is 30.1 Å². The summed E-state index contributed by atoms with van der Waals surface area (Å²) in [5, 5.41) is 0. The van der Waals surface area contributed by atoms with E-state index in [2.05, 4.69) is 47.6 Å². The Labute approximate surface area is 180 Å². The predicted molar refractivity (Wildman–Crippen MR) is 123 cm³/mol. The number of carbonyl (C=O) groups excluding carboxylic acids is 1. The monoisotopic (exact) mass is 398 g/mol. The summed E-state index contributed by atoms with van der Waals surface area (Å²) in [6, 6.07) is 0. The lowest BCUT2D eigenvalue weighted by Gasteiger charge is -2.58. The number of Topliss-reactive ketones (excluding diaryl/α,β-unsaturated/α-hetero) is 1. The average molecular weight is 399 g/mol. The summed E-state index contributed by atoms with van der Waals surface area (Å²) in [5.74, 6) is 5.22. The first-order valence-electron chi connectivity index (χ1n) is 12.9. The molecule has 0 spiro atoms. The molecule has 0 aliphatic heterocycles. The quantitative estimate of drug-likeness (QED) is 0.431. The van der Waals surface area contributed by atoms with Crippen LogP contribution in [0.5, 0.6) is 0 Å². The third-order valence-electron chi connectivity index (χ3n) is 10.8. The number of carbonyl (C=O) groups is 1. The second-order valence-corrected chi connectivity index (χ2v) is 12.4. The minimum atomic E-state index is 0.214. The summed E-state index contributed by atoms with van der Waals surface area (Å²) >= 11 is 0. The highest BCUT2D eigenvalue weighted by atomic mass is 16.1. The lowest BCUT2D eigenvalue weighted by atomic mass is 9.47. The molecule has 0 radical (unpaired) electrons. The maximum absolute atomic E-state index is 12.8. The Morgan fingerprint density at radius 2 is 1.79 bits per heavy atom. The Balaban J connectivity index is 1.51. The number of ketones is 1. The zero-order chi connectivity index (χ0) is 21.0. The van der Waals surface area contributed by atoms with Gasteiger partial charge in [0.05, 0.1) is 0 Å². The topological polar surface area (TPSA) is 17.1 Å². The fourth-order valence-corrected chi connectivity index (χ4v) is 8.69. The van der Waals surface area contributed by atoms with E-state index in [4.69, 9.17) is 0 Å². The van der Waals surface area contributed by atoms with Gasteiger partial charge in [-0.1, -0.05) is 59.6 Å². The Morgan fingerprint density at radius 3 is 2.52 bits per heavy atom. The van der Waals surface area contributed by atoms with Crippen molar-refractivity contribution in [2.24, 2.45) is 52.3 Å². The summed E-state index contributed by atoms with van der Waals surface area (Å²) in [6.45, 7) is 14.2. The van der Waals surface area contributed by atoms with E-state index in [1.165, 1.54) is 57.8 Å². The number of hydrogen-bond donors (Lipinski definition) is 0. The first-order chi connectivity index (χ1) is 13.7. The van der Waals surface area contributed by atoms with Crippen molar-refractivity contribution in [2.75, 3.05) is 0 Å². The molecule has 0 heterocycles. The minimum absolute atomic E-state index is 0.214. The van der Waals surface area contributed by atoms with Crippen LogP contribution < -0.4 is 0 Å². The van der Waals surface area contributed by atoms with Gasteiger partial charge in [0.25, 0.3) is 0 Å². The second-order valence-electron chi connectivity index (χ2n) is 12.4. The number of fused-ring (bicyclic) bond motifs is 5. The largest absolute Gasteiger partial charge is 0.299 e. The van der Waals surface area contributed by atoms with Crippen LogP contribution in [0.2, 0.25) is 0 Å². The van der Waals surface area contributed by atoms with Crippen molar-refractivity contribution >= 4 is 5.78 Å². The first kappa shape index (κ1) is 21.6. The predicted octanol–water partition coefficient (Wildman–Crippen LogP) is 7.84. The SMILES string of the molecule is CC(C)[C@@H](C)C(=O)C[C@@H](C)[C@H]1CC[C@H]2[C@@H]3CC=C4CCCC[C@]4(C)[C@H]3CC[C@]12C. The molecule has 4 aliphatic rings. The van der Waals surface area contributed by atoms with Gasteiger partial charge in [-0.15, -0.1) is 0 Å². The lowest BCUT2D eigenvalue weighted by Crippen LogP contribution is -2.50. The van der Waals surface area contributed by atoms with Crippen LogP contribution in [-0.2, 0) is 4.79 Å². The van der Waals surface area contributed by atoms with E-state index in [9.17, 15) is 4.79 Å². The summed E-state index contributed by atoms with van der Waals surface area (Å²) in [5.41, 5.74) is 2.80. The van der Waals surface area contributed by atoms with Crippen LogP contribution >= 0.6 is 0 Å². The zero-order valence-corrected chi connectivity index (χ0v) is 20.1. The van der Waals surface area contributed by atoms with E-state index in [0.29, 0.717) is 28.4 Å². The van der Waals surface area contributed by atoms with Crippen LogP contribution in [0.3, 0.4) is 0 Å². The molecule has 164 valence electrons. The van der Waals surface area contributed by atoms with Crippen LogP contribution in [0.15, 0.2) is 11.6 Å². The van der Waals surface area contributed by atoms with Gasteiger partial charge in [-0.3, -0.25) is 4.79 Å². The number of hydrogen-bond acceptors (Lipinski definition) is 1. The average Bonchev–Trinajstić information content (AvgIpc) is 3.04. The maximum atomic E-state index is 12.8. The molecule has 3 saturated carbocycles. The van der Waals surface area contributed by atoms with Crippen molar-refractivity contribution in [3.8, 4) is 0 Å². The van der Waals surface area contributed by atoms with Gasteiger partial charge >= 0.3 is 0 Å². The van der Waals surface area contributed by atoms with Gasteiger partial charge in [-0.25, -0.2) is 0 Å². The molecule has 0 aromatic carbocycles. The van der Waals surface area contributed by atoms with Crippen LogP contribution in [0.25, 0.3) is 0 Å². The normalized spacial score (nSPS) is 43.8. The molecule has 4 aliphatic carbocycles. The molecular formula is C28H46O. The van der Waals surface area contributed by atoms with E-state index in [1.54, 1.807) is 0 Å². The Kier molecular flexibility index (Phi) is 5.84. The van der Waals surface area contributed by atoms with Crippen molar-refractivity contribution in [1.82, 2.24) is 0 Å². The maximum Gasteiger partial charge on any atom is 0.136 e. The van der Waals surface area contributed by atoms with Gasteiger partial charge in [-0.2, -0.15) is 0 Å². The zero-order valence-electron chi connectivity index (χ0n) is 20.1. The van der Waals surface area contributed by atoms with Crippen molar-refractivity contribution < 1.29 is 4.79 Å². The summed E-state index contributed by atoms with van der Waals surface area (Å²) in [4.78, 5) is 12.8. The van der Waals surface area contributed by atoms with Crippen LogP contribution in [0.4, 0.5) is 0 Å². The van der Waals surface area contributed by atoms with Gasteiger partial charge < -0.3 is 0 Å². The van der Waals surface area contributed by atoms with Crippen molar-refractivity contribution in [1.29, 1.82) is 0 Å². The molecule has 0 aromatic heterocycles. The smallest absolute Gasteiger partial charge is 0.136 e. The fraction of sp³-hybridized carbons (Fsp3) is 0.893. The Morgan fingerprint density at radius 1 is 1.03 bits per heavy atom. The molecule has 0 aromatic rings. The molecule has 8 atom stereocenters. The highest BCUT2D eigenvalue weighted by Gasteiger charge is 2.58. The molecule has 1 heteroatoms. The highest BCUT2D eigenvalue weighted by Crippen LogP contribution is 2.67. The molecule has 0 bridgehead atoms. The summed E-state index contributed by atoms with van der Waals surface area (Å²) in [7, 11) is 0. The third-order valence-corrected chi connectivity index (χ3v) is 10.8. The van der Waals surface area contributed by atoms with E-state index in [-0.39, 0.29) is 5.92 Å². The van der Waals surface area contributed by atoms with Crippen molar-refractivity contribution in [3.05, 3.63) is 11.6 Å². The number of rotatable bonds is 5. The van der Waals surface area contributed by atoms with E-state index < -0.39 is 0 Å². The molecule has 0 unspecified atom stereocenters. The molecule has 0 N–H and O–H groups in total. The van der Waals surface area contributed by atoms with Crippen molar-refractivity contribution in [3.63, 3.8) is 0 Å². The molecular weight excluding hydrogens is 352 g/mol. The van der Waals surface area contributed by atoms with Crippen molar-refractivity contribution in [2.45, 2.75) is 106 Å².